The van der Waals surface area contributed by atoms with Crippen LogP contribution in [0.2, 0.25) is 0 Å². The van der Waals surface area contributed by atoms with Crippen LogP contribution in [-0.2, 0) is 0 Å². The van der Waals surface area contributed by atoms with Crippen LogP contribution in [0.4, 0.5) is 5.69 Å². The van der Waals surface area contributed by atoms with Crippen LogP contribution in [-0.4, -0.2) is 35.6 Å². The zero-order chi connectivity index (χ0) is 15.0. The highest BCUT2D eigenvalue weighted by molar-refractivity contribution is 5.96. The van der Waals surface area contributed by atoms with Gasteiger partial charge in [-0.3, -0.25) is 4.79 Å². The quantitative estimate of drug-likeness (QED) is 0.567. The number of aliphatic hydroxyl groups excluding tert-OH is 1. The summed E-state index contributed by atoms with van der Waals surface area (Å²) in [6, 6.07) is 5.32. The van der Waals surface area contributed by atoms with Crippen LogP contribution < -0.4 is 5.73 Å². The van der Waals surface area contributed by atoms with Crippen molar-refractivity contribution in [3.05, 3.63) is 29.3 Å². The Bertz CT molecular complexity index is 432. The number of hydrogen-bond acceptors (Lipinski definition) is 3. The van der Waals surface area contributed by atoms with Crippen molar-refractivity contribution in [2.45, 2.75) is 39.5 Å². The standard InChI is InChI=1S/C16H26N2O2/c1-3-4-5-6-9-18(10-11-19)16(20)15-8-7-14(17)12-13(15)2/h7-8,12,19H,3-6,9-11,17H2,1-2H3. The molecule has 112 valence electrons. The topological polar surface area (TPSA) is 66.6 Å². The number of unbranched alkanes of at least 4 members (excludes halogenated alkanes) is 3. The Labute approximate surface area is 121 Å². The Morgan fingerprint density at radius 1 is 1.25 bits per heavy atom. The van der Waals surface area contributed by atoms with Gasteiger partial charge in [0, 0.05) is 24.3 Å². The average Bonchev–Trinajstić information content (AvgIpc) is 2.41. The number of hydrogen-bond donors (Lipinski definition) is 2. The highest BCUT2D eigenvalue weighted by atomic mass is 16.3. The van der Waals surface area contributed by atoms with Gasteiger partial charge in [-0.1, -0.05) is 26.2 Å². The Morgan fingerprint density at radius 3 is 2.60 bits per heavy atom. The number of nitrogens with zero attached hydrogens (tertiary/aromatic N) is 1. The number of aliphatic hydroxyl groups is 1. The van der Waals surface area contributed by atoms with Crippen molar-refractivity contribution in [2.75, 3.05) is 25.4 Å². The van der Waals surface area contributed by atoms with Crippen molar-refractivity contribution in [2.24, 2.45) is 0 Å². The number of carbonyl (C=O) groups is 1. The molecule has 0 heterocycles. The van der Waals surface area contributed by atoms with Crippen LogP contribution in [0.3, 0.4) is 0 Å². The molecular formula is C16H26N2O2. The van der Waals surface area contributed by atoms with E-state index in [4.69, 9.17) is 10.8 Å². The van der Waals surface area contributed by atoms with E-state index in [9.17, 15) is 4.79 Å². The van der Waals surface area contributed by atoms with E-state index in [1.54, 1.807) is 23.1 Å². The summed E-state index contributed by atoms with van der Waals surface area (Å²) in [5.41, 5.74) is 7.92. The molecule has 0 saturated carbocycles. The summed E-state index contributed by atoms with van der Waals surface area (Å²) >= 11 is 0. The Hall–Kier alpha value is -1.55. The maximum atomic E-state index is 12.5. The molecule has 4 heteroatoms. The maximum Gasteiger partial charge on any atom is 0.254 e. The molecule has 4 nitrogen and oxygen atoms in total. The molecule has 0 saturated heterocycles. The van der Waals surface area contributed by atoms with Crippen molar-refractivity contribution in [1.29, 1.82) is 0 Å². The largest absolute Gasteiger partial charge is 0.399 e. The van der Waals surface area contributed by atoms with Crippen LogP contribution in [0.15, 0.2) is 18.2 Å². The van der Waals surface area contributed by atoms with Crippen LogP contribution >= 0.6 is 0 Å². The Kier molecular flexibility index (Phi) is 7.09. The van der Waals surface area contributed by atoms with Gasteiger partial charge < -0.3 is 15.7 Å². The second-order valence-electron chi connectivity index (χ2n) is 5.15. The minimum absolute atomic E-state index is 0.00641. The van der Waals surface area contributed by atoms with Crippen molar-refractivity contribution in [3.63, 3.8) is 0 Å². The van der Waals surface area contributed by atoms with Crippen molar-refractivity contribution in [3.8, 4) is 0 Å². The van der Waals surface area contributed by atoms with E-state index in [2.05, 4.69) is 6.92 Å². The first-order valence-corrected chi connectivity index (χ1v) is 7.36. The van der Waals surface area contributed by atoms with E-state index in [-0.39, 0.29) is 12.5 Å². The van der Waals surface area contributed by atoms with Crippen molar-refractivity contribution in [1.82, 2.24) is 4.90 Å². The molecule has 0 bridgehead atoms. The number of amides is 1. The first-order chi connectivity index (χ1) is 9.60. The summed E-state index contributed by atoms with van der Waals surface area (Å²) in [6.45, 7) is 5.12. The van der Waals surface area contributed by atoms with E-state index < -0.39 is 0 Å². The molecule has 3 N–H and O–H groups in total. The lowest BCUT2D eigenvalue weighted by Crippen LogP contribution is -2.34. The Morgan fingerprint density at radius 2 is 2.00 bits per heavy atom. The number of benzene rings is 1. The number of carbonyl (C=O) groups excluding carboxylic acids is 1. The predicted octanol–water partition coefficient (Wildman–Crippen LogP) is 2.59. The molecule has 0 aromatic heterocycles. The number of aryl methyl sites for hydroxylation is 1. The van der Waals surface area contributed by atoms with Gasteiger partial charge in [0.1, 0.15) is 0 Å². The van der Waals surface area contributed by atoms with Crippen molar-refractivity contribution < 1.29 is 9.90 Å². The molecule has 0 spiro atoms. The third-order valence-electron chi connectivity index (χ3n) is 3.42. The minimum Gasteiger partial charge on any atom is -0.399 e. The highest BCUT2D eigenvalue weighted by Crippen LogP contribution is 2.15. The predicted molar refractivity (Wildman–Crippen MR) is 82.7 cm³/mol. The molecule has 0 unspecified atom stereocenters. The molecule has 1 aromatic rings. The zero-order valence-corrected chi connectivity index (χ0v) is 12.6. The summed E-state index contributed by atoms with van der Waals surface area (Å²) in [7, 11) is 0. The molecule has 0 fully saturated rings. The molecular weight excluding hydrogens is 252 g/mol. The van der Waals surface area contributed by atoms with Crippen LogP contribution in [0.1, 0.15) is 48.5 Å². The fourth-order valence-corrected chi connectivity index (χ4v) is 2.26. The molecule has 0 atom stereocenters. The molecule has 1 rings (SSSR count). The van der Waals surface area contributed by atoms with Gasteiger partial charge in [0.05, 0.1) is 6.61 Å². The molecule has 0 aliphatic rings. The zero-order valence-electron chi connectivity index (χ0n) is 12.6. The number of nitrogens with two attached hydrogens (primary N) is 1. The molecule has 0 radical (unpaired) electrons. The maximum absolute atomic E-state index is 12.5. The molecule has 20 heavy (non-hydrogen) atoms. The second-order valence-corrected chi connectivity index (χ2v) is 5.15. The molecule has 0 aliphatic heterocycles. The summed E-state index contributed by atoms with van der Waals surface area (Å²) in [5, 5.41) is 9.13. The number of nitrogen functional groups attached to an aromatic ring is 1. The van der Waals surface area contributed by atoms with Gasteiger partial charge >= 0.3 is 0 Å². The van der Waals surface area contributed by atoms with Crippen molar-refractivity contribution >= 4 is 11.6 Å². The third kappa shape index (κ3) is 4.85. The fraction of sp³-hybridized carbons (Fsp3) is 0.562. The van der Waals surface area contributed by atoms with E-state index in [0.29, 0.717) is 24.3 Å². The summed E-state index contributed by atoms with van der Waals surface area (Å²) in [4.78, 5) is 14.2. The van der Waals surface area contributed by atoms with Gasteiger partial charge in [0.2, 0.25) is 0 Å². The molecule has 0 aliphatic carbocycles. The van der Waals surface area contributed by atoms with E-state index >= 15 is 0 Å². The van der Waals surface area contributed by atoms with E-state index in [1.807, 2.05) is 6.92 Å². The highest BCUT2D eigenvalue weighted by Gasteiger charge is 2.16. The number of anilines is 1. The van der Waals surface area contributed by atoms with Gasteiger partial charge in [0.25, 0.3) is 5.91 Å². The average molecular weight is 278 g/mol. The Balaban J connectivity index is 2.72. The lowest BCUT2D eigenvalue weighted by Gasteiger charge is -2.22. The van der Waals surface area contributed by atoms with E-state index in [1.165, 1.54) is 12.8 Å². The lowest BCUT2D eigenvalue weighted by molar-refractivity contribution is 0.0717. The van der Waals surface area contributed by atoms with Crippen LogP contribution in [0.25, 0.3) is 0 Å². The van der Waals surface area contributed by atoms with Gasteiger partial charge in [0.15, 0.2) is 0 Å². The SMILES string of the molecule is CCCCCCN(CCO)C(=O)c1ccc(N)cc1C. The number of rotatable bonds is 8. The normalized spacial score (nSPS) is 10.6. The van der Waals surface area contributed by atoms with Crippen LogP contribution in [0, 0.1) is 6.92 Å². The van der Waals surface area contributed by atoms with Gasteiger partial charge in [-0.15, -0.1) is 0 Å². The molecule has 1 amide bonds. The minimum atomic E-state index is -0.0203. The van der Waals surface area contributed by atoms with E-state index in [0.717, 1.165) is 18.4 Å². The second kappa shape index (κ2) is 8.59. The van der Waals surface area contributed by atoms with Gasteiger partial charge in [-0.05, 0) is 37.1 Å². The first-order valence-electron chi connectivity index (χ1n) is 7.36. The summed E-state index contributed by atoms with van der Waals surface area (Å²) < 4.78 is 0. The third-order valence-corrected chi connectivity index (χ3v) is 3.42. The van der Waals surface area contributed by atoms with Gasteiger partial charge in [-0.25, -0.2) is 0 Å². The summed E-state index contributed by atoms with van der Waals surface area (Å²) in [5.74, 6) is -0.0203. The fourth-order valence-electron chi connectivity index (χ4n) is 2.26. The smallest absolute Gasteiger partial charge is 0.254 e. The summed E-state index contributed by atoms with van der Waals surface area (Å²) in [6.07, 6.45) is 4.45. The lowest BCUT2D eigenvalue weighted by atomic mass is 10.1. The monoisotopic (exact) mass is 278 g/mol. The van der Waals surface area contributed by atoms with Gasteiger partial charge in [-0.2, -0.15) is 0 Å². The van der Waals surface area contributed by atoms with Crippen LogP contribution in [0.5, 0.6) is 0 Å². The first kappa shape index (κ1) is 16.5. The molecule has 1 aromatic carbocycles.